The predicted octanol–water partition coefficient (Wildman–Crippen LogP) is 17.2. The molecule has 3 N–H and O–H groups in total. The first-order valence-electron chi connectivity index (χ1n) is 32.6. The number of aliphatic hydroxyl groups excluding tert-OH is 3. The highest BCUT2D eigenvalue weighted by Gasteiger charge is 2.32. The number of unbranched alkanes of at least 4 members (excludes halogenated alkanes) is 35. The molecule has 12 heteroatoms. The fourth-order valence-electron chi connectivity index (χ4n) is 9.28. The average Bonchev–Trinajstić information content (AvgIpc) is 3.83. The summed E-state index contributed by atoms with van der Waals surface area (Å²) in [5.74, 6) is -0.458. The minimum Gasteiger partial charge on any atom is -0.493 e. The Kier molecular flexibility index (Phi) is 61.5. The molecule has 0 aromatic heterocycles. The standard InChI is InChI=1S/C24H44O5.C22H42O3.C21H38O4/c1-3-5-6-7-8-9-10-11-12-13-14-15-16-17-18-19-24(27)28-21-22(20-25)29-23(26)4-2;1-3-4-5-6-7-8-9-10-11-12-13-14-15-16-17-18-22(24)25-20-21(2)19-23;1-3-4-5-6-7-8-9-10-11-12-13-14-21(23)24-17-19-15-18(2)25-20(19)16-22/h4,22,25H,2-3,5-21H2,1H3;10-11,21,23H,3-9,12-20H2,1-2H3;19-20,22H,2-17H2,1H3/t;;19-,20-/m..0/s1. The SMILES string of the molecule is C=C1C[C@@H](COC(=O)CCCCCCCCCCCCC)[C@H](CO)O1.C=CC(=O)OC(CO)COC(=O)CCCCCCCCCCCCCCCCC.CCCCCCCCC=CCCCCCCCC(=O)OCC(C)CO. The van der Waals surface area contributed by atoms with Crippen LogP contribution in [0, 0.1) is 11.8 Å². The molecule has 1 rings (SSSR count). The average molecular weight is 1120 g/mol. The Morgan fingerprint density at radius 2 is 0.848 bits per heavy atom. The van der Waals surface area contributed by atoms with Crippen LogP contribution >= 0.6 is 0 Å². The highest BCUT2D eigenvalue weighted by molar-refractivity contribution is 5.81. The van der Waals surface area contributed by atoms with Crippen molar-refractivity contribution in [3.8, 4) is 0 Å². The number of ether oxygens (including phenoxy) is 5. The van der Waals surface area contributed by atoms with E-state index in [4.69, 9.17) is 33.9 Å². The lowest BCUT2D eigenvalue weighted by Crippen LogP contribution is -2.27. The van der Waals surface area contributed by atoms with Gasteiger partial charge in [-0.3, -0.25) is 14.4 Å². The molecular weight excluding hydrogens is 997 g/mol. The van der Waals surface area contributed by atoms with Crippen LogP contribution in [0.4, 0.5) is 0 Å². The van der Waals surface area contributed by atoms with E-state index in [1.54, 1.807) is 0 Å². The van der Waals surface area contributed by atoms with Crippen LogP contribution in [0.3, 0.4) is 0 Å². The van der Waals surface area contributed by atoms with Gasteiger partial charge < -0.3 is 39.0 Å². The zero-order valence-electron chi connectivity index (χ0n) is 51.6. The van der Waals surface area contributed by atoms with Gasteiger partial charge in [-0.25, -0.2) is 4.79 Å². The van der Waals surface area contributed by atoms with Crippen LogP contribution in [0.15, 0.2) is 37.1 Å². The molecule has 0 aromatic carbocycles. The number of carbonyl (C=O) groups excluding carboxylic acids is 4. The lowest BCUT2D eigenvalue weighted by atomic mass is 10.0. The van der Waals surface area contributed by atoms with E-state index >= 15 is 0 Å². The molecule has 1 heterocycles. The van der Waals surface area contributed by atoms with Gasteiger partial charge >= 0.3 is 23.9 Å². The van der Waals surface area contributed by atoms with E-state index in [2.05, 4.69) is 46.1 Å². The quantitative estimate of drug-likeness (QED) is 0.0173. The maximum atomic E-state index is 11.8. The molecule has 2 unspecified atom stereocenters. The number of carbonyl (C=O) groups is 4. The van der Waals surface area contributed by atoms with Gasteiger partial charge in [0.05, 0.1) is 32.2 Å². The predicted molar refractivity (Wildman–Crippen MR) is 326 cm³/mol. The summed E-state index contributed by atoms with van der Waals surface area (Å²) in [6.45, 7) is 15.9. The molecule has 1 aliphatic heterocycles. The van der Waals surface area contributed by atoms with Gasteiger partial charge in [0.15, 0.2) is 6.10 Å². The molecule has 4 atom stereocenters. The molecule has 12 nitrogen and oxygen atoms in total. The number of hydrogen-bond donors (Lipinski definition) is 3. The molecule has 0 spiro atoms. The number of rotatable bonds is 54. The minimum atomic E-state index is -0.828. The van der Waals surface area contributed by atoms with Crippen molar-refractivity contribution in [3.63, 3.8) is 0 Å². The number of hydrogen-bond acceptors (Lipinski definition) is 12. The summed E-state index contributed by atoms with van der Waals surface area (Å²) in [5.41, 5.74) is 0. The summed E-state index contributed by atoms with van der Waals surface area (Å²) in [6.07, 6.45) is 56.3. The third kappa shape index (κ3) is 57.8. The van der Waals surface area contributed by atoms with Gasteiger partial charge in [-0.2, -0.15) is 0 Å². The third-order valence-corrected chi connectivity index (χ3v) is 14.5. The monoisotopic (exact) mass is 1120 g/mol. The van der Waals surface area contributed by atoms with Gasteiger partial charge in [-0.1, -0.05) is 258 Å². The second-order valence-corrected chi connectivity index (χ2v) is 22.4. The molecular formula is C67H124O12. The molecule has 0 radical (unpaired) electrons. The Hall–Kier alpha value is -3.22. The summed E-state index contributed by atoms with van der Waals surface area (Å²) < 4.78 is 25.7. The Balaban J connectivity index is 0. The molecule has 0 aromatic rings. The third-order valence-electron chi connectivity index (χ3n) is 14.5. The first-order chi connectivity index (χ1) is 38.5. The van der Waals surface area contributed by atoms with Crippen LogP contribution < -0.4 is 0 Å². The van der Waals surface area contributed by atoms with Crippen molar-refractivity contribution in [1.29, 1.82) is 0 Å². The van der Waals surface area contributed by atoms with Gasteiger partial charge in [0.25, 0.3) is 0 Å². The van der Waals surface area contributed by atoms with E-state index in [9.17, 15) is 24.3 Å². The highest BCUT2D eigenvalue weighted by Crippen LogP contribution is 2.28. The summed E-state index contributed by atoms with van der Waals surface area (Å²) in [4.78, 5) is 46.0. The Morgan fingerprint density at radius 1 is 0.506 bits per heavy atom. The fraction of sp³-hybridized carbons (Fsp3) is 0.851. The molecule has 464 valence electrons. The zero-order valence-corrected chi connectivity index (χ0v) is 51.6. The van der Waals surface area contributed by atoms with Crippen molar-refractivity contribution in [2.75, 3.05) is 39.6 Å². The van der Waals surface area contributed by atoms with Gasteiger partial charge in [0, 0.05) is 50.2 Å². The van der Waals surface area contributed by atoms with Crippen molar-refractivity contribution in [3.05, 3.63) is 37.1 Å². The van der Waals surface area contributed by atoms with Crippen LogP contribution in [0.25, 0.3) is 0 Å². The zero-order chi connectivity index (χ0) is 58.5. The topological polar surface area (TPSA) is 175 Å². The second-order valence-electron chi connectivity index (χ2n) is 22.4. The Morgan fingerprint density at radius 3 is 1.19 bits per heavy atom. The largest absolute Gasteiger partial charge is 0.493 e. The molecule has 79 heavy (non-hydrogen) atoms. The van der Waals surface area contributed by atoms with Gasteiger partial charge in [0.1, 0.15) is 12.7 Å². The van der Waals surface area contributed by atoms with Crippen LogP contribution in [0.5, 0.6) is 0 Å². The number of aliphatic hydroxyl groups is 3. The summed E-state index contributed by atoms with van der Waals surface area (Å²) in [6, 6.07) is 0. The molecule has 0 aliphatic carbocycles. The van der Waals surface area contributed by atoms with Gasteiger partial charge in [-0.05, 0) is 44.9 Å². The highest BCUT2D eigenvalue weighted by atomic mass is 16.6. The fourth-order valence-corrected chi connectivity index (χ4v) is 9.28. The van der Waals surface area contributed by atoms with E-state index in [-0.39, 0.29) is 62.3 Å². The summed E-state index contributed by atoms with van der Waals surface area (Å²) in [5, 5.41) is 27.2. The van der Waals surface area contributed by atoms with E-state index in [1.807, 2.05) is 6.92 Å². The molecule has 1 aliphatic rings. The molecule has 0 saturated carbocycles. The van der Waals surface area contributed by atoms with Crippen molar-refractivity contribution >= 4 is 23.9 Å². The normalized spacial score (nSPS) is 14.6. The van der Waals surface area contributed by atoms with Crippen molar-refractivity contribution in [1.82, 2.24) is 0 Å². The molecule has 1 fully saturated rings. The molecule has 0 bridgehead atoms. The van der Waals surface area contributed by atoms with Crippen LogP contribution in [0.1, 0.15) is 304 Å². The maximum absolute atomic E-state index is 11.8. The number of esters is 4. The van der Waals surface area contributed by atoms with E-state index in [0.717, 1.165) is 51.0 Å². The van der Waals surface area contributed by atoms with Crippen LogP contribution in [-0.4, -0.2) is 91.0 Å². The van der Waals surface area contributed by atoms with Crippen LogP contribution in [0.2, 0.25) is 0 Å². The smallest absolute Gasteiger partial charge is 0.330 e. The Labute approximate surface area is 484 Å². The van der Waals surface area contributed by atoms with E-state index in [0.29, 0.717) is 44.7 Å². The first-order valence-corrected chi connectivity index (χ1v) is 32.6. The van der Waals surface area contributed by atoms with E-state index in [1.165, 1.54) is 205 Å². The van der Waals surface area contributed by atoms with Crippen molar-refractivity contribution < 1.29 is 58.2 Å². The number of allylic oxidation sites excluding steroid dienone is 3. The lowest BCUT2D eigenvalue weighted by molar-refractivity contribution is -0.157. The van der Waals surface area contributed by atoms with Gasteiger partial charge in [-0.15, -0.1) is 0 Å². The summed E-state index contributed by atoms with van der Waals surface area (Å²) in [7, 11) is 0. The molecule has 1 saturated heterocycles. The maximum Gasteiger partial charge on any atom is 0.330 e. The Bertz CT molecular complexity index is 1420. The van der Waals surface area contributed by atoms with Gasteiger partial charge in [0.2, 0.25) is 0 Å². The van der Waals surface area contributed by atoms with Crippen molar-refractivity contribution in [2.45, 2.75) is 316 Å². The summed E-state index contributed by atoms with van der Waals surface area (Å²) >= 11 is 0. The van der Waals surface area contributed by atoms with E-state index < -0.39 is 12.1 Å². The first kappa shape index (κ1) is 77.8. The van der Waals surface area contributed by atoms with Crippen molar-refractivity contribution in [2.24, 2.45) is 11.8 Å². The second kappa shape index (κ2) is 62.4. The molecule has 0 amide bonds. The van der Waals surface area contributed by atoms with Crippen LogP contribution in [-0.2, 0) is 42.9 Å². The minimum absolute atomic E-state index is 0.0399. The lowest BCUT2D eigenvalue weighted by Gasteiger charge is -2.15.